The second kappa shape index (κ2) is 6.00. The van der Waals surface area contributed by atoms with Crippen molar-refractivity contribution >= 4 is 14.3 Å². The fourth-order valence-electron chi connectivity index (χ4n) is 1.83. The summed E-state index contributed by atoms with van der Waals surface area (Å²) in [5.41, 5.74) is -1.89. The predicted octanol–water partition coefficient (Wildman–Crippen LogP) is 3.60. The zero-order chi connectivity index (χ0) is 16.3. The molecule has 0 spiro atoms. The highest BCUT2D eigenvalue weighted by Gasteiger charge is 2.48. The Morgan fingerprint density at radius 3 is 2.05 bits per heavy atom. The molecule has 1 atom stereocenters. The maximum Gasteiger partial charge on any atom is 0.357 e. The van der Waals surface area contributed by atoms with E-state index in [1.807, 2.05) is 31.8 Å². The molecule has 0 radical (unpaired) electrons. The van der Waals surface area contributed by atoms with Crippen LogP contribution in [0.5, 0.6) is 0 Å². The SMILES string of the molecule is CC(C)(C)OC(=O)C(C#N)(O[Si](C)(C)C)c1ccccc1. The van der Waals surface area contributed by atoms with Crippen LogP contribution in [0.15, 0.2) is 30.3 Å². The predicted molar refractivity (Wildman–Crippen MR) is 84.0 cm³/mol. The molecule has 0 saturated heterocycles. The van der Waals surface area contributed by atoms with Crippen molar-refractivity contribution in [1.29, 1.82) is 5.26 Å². The van der Waals surface area contributed by atoms with Gasteiger partial charge < -0.3 is 9.16 Å². The molecule has 21 heavy (non-hydrogen) atoms. The quantitative estimate of drug-likeness (QED) is 0.630. The number of hydrogen-bond donors (Lipinski definition) is 0. The average molecular weight is 305 g/mol. The van der Waals surface area contributed by atoms with Gasteiger partial charge in [-0.3, -0.25) is 0 Å². The Kier molecular flexibility index (Phi) is 4.97. The number of nitriles is 1. The Labute approximate surface area is 127 Å². The summed E-state index contributed by atoms with van der Waals surface area (Å²) in [7, 11) is -2.16. The summed E-state index contributed by atoms with van der Waals surface area (Å²) in [6.07, 6.45) is 0. The zero-order valence-corrected chi connectivity index (χ0v) is 14.6. The molecule has 0 aliphatic heterocycles. The molecule has 1 rings (SSSR count). The molecular formula is C16H23NO3Si. The molecule has 0 amide bonds. The third kappa shape index (κ3) is 4.69. The normalized spacial score (nSPS) is 14.9. The first-order valence-corrected chi connectivity index (χ1v) is 10.3. The second-order valence-electron chi connectivity index (χ2n) is 6.88. The first-order valence-electron chi connectivity index (χ1n) is 6.90. The molecule has 1 aromatic carbocycles. The van der Waals surface area contributed by atoms with Crippen molar-refractivity contribution in [3.8, 4) is 6.07 Å². The number of esters is 1. The lowest BCUT2D eigenvalue weighted by molar-refractivity contribution is -0.170. The van der Waals surface area contributed by atoms with E-state index in [-0.39, 0.29) is 0 Å². The van der Waals surface area contributed by atoms with Crippen molar-refractivity contribution in [2.24, 2.45) is 0 Å². The van der Waals surface area contributed by atoms with E-state index >= 15 is 0 Å². The fourth-order valence-corrected chi connectivity index (χ4v) is 3.00. The van der Waals surface area contributed by atoms with Crippen molar-refractivity contribution in [1.82, 2.24) is 0 Å². The van der Waals surface area contributed by atoms with Crippen LogP contribution in [0.25, 0.3) is 0 Å². The molecule has 5 heteroatoms. The van der Waals surface area contributed by atoms with Gasteiger partial charge in [0.1, 0.15) is 11.7 Å². The van der Waals surface area contributed by atoms with Gasteiger partial charge in [0, 0.05) is 5.56 Å². The monoisotopic (exact) mass is 305 g/mol. The van der Waals surface area contributed by atoms with Gasteiger partial charge in [0.05, 0.1) is 0 Å². The van der Waals surface area contributed by atoms with Crippen LogP contribution in [0, 0.1) is 11.3 Å². The lowest BCUT2D eigenvalue weighted by atomic mass is 9.95. The molecule has 1 unspecified atom stereocenters. The maximum atomic E-state index is 12.6. The highest BCUT2D eigenvalue weighted by atomic mass is 28.4. The van der Waals surface area contributed by atoms with Crippen LogP contribution in [0.2, 0.25) is 19.6 Å². The van der Waals surface area contributed by atoms with E-state index in [4.69, 9.17) is 9.16 Å². The Hall–Kier alpha value is -1.64. The standard InChI is InChI=1S/C16H23NO3Si/c1-15(2,3)19-14(18)16(12-17,20-21(4,5)6)13-10-8-7-9-11-13/h7-11H,1-6H3. The minimum Gasteiger partial charge on any atom is -0.457 e. The first kappa shape index (κ1) is 17.4. The number of carbonyl (C=O) groups is 1. The summed E-state index contributed by atoms with van der Waals surface area (Å²) in [5.74, 6) is -0.661. The summed E-state index contributed by atoms with van der Waals surface area (Å²) in [4.78, 5) is 12.6. The molecule has 0 N–H and O–H groups in total. The zero-order valence-electron chi connectivity index (χ0n) is 13.6. The van der Waals surface area contributed by atoms with Gasteiger partial charge in [0.15, 0.2) is 8.32 Å². The van der Waals surface area contributed by atoms with Gasteiger partial charge in [0.25, 0.3) is 5.60 Å². The molecule has 0 saturated carbocycles. The molecule has 4 nitrogen and oxygen atoms in total. The number of rotatable bonds is 4. The topological polar surface area (TPSA) is 59.3 Å². The van der Waals surface area contributed by atoms with E-state index in [1.165, 1.54) is 0 Å². The highest BCUT2D eigenvalue weighted by molar-refractivity contribution is 6.70. The number of carbonyl (C=O) groups excluding carboxylic acids is 1. The summed E-state index contributed by atoms with van der Waals surface area (Å²) >= 11 is 0. The Bertz CT molecular complexity index is 537. The third-order valence-corrected chi connectivity index (χ3v) is 3.40. The van der Waals surface area contributed by atoms with Crippen molar-refractivity contribution < 1.29 is 14.0 Å². The van der Waals surface area contributed by atoms with Crippen LogP contribution in [-0.2, 0) is 19.6 Å². The van der Waals surface area contributed by atoms with E-state index in [0.29, 0.717) is 5.56 Å². The molecule has 0 bridgehead atoms. The molecule has 0 aromatic heterocycles. The average Bonchev–Trinajstić information content (AvgIpc) is 2.33. The summed E-state index contributed by atoms with van der Waals surface area (Å²) in [6.45, 7) is 11.1. The van der Waals surface area contributed by atoms with Gasteiger partial charge >= 0.3 is 5.97 Å². The highest BCUT2D eigenvalue weighted by Crippen LogP contribution is 2.32. The van der Waals surface area contributed by atoms with Crippen molar-refractivity contribution in [2.45, 2.75) is 51.6 Å². The molecule has 0 fully saturated rings. The smallest absolute Gasteiger partial charge is 0.357 e. The van der Waals surface area contributed by atoms with E-state index < -0.39 is 25.5 Å². The minimum absolute atomic E-state index is 0.504. The van der Waals surface area contributed by atoms with Crippen molar-refractivity contribution in [2.75, 3.05) is 0 Å². The Morgan fingerprint density at radius 2 is 1.67 bits per heavy atom. The molecule has 0 heterocycles. The van der Waals surface area contributed by atoms with Crippen molar-refractivity contribution in [3.63, 3.8) is 0 Å². The molecule has 0 aliphatic carbocycles. The van der Waals surface area contributed by atoms with Crippen LogP contribution >= 0.6 is 0 Å². The molecule has 0 aliphatic rings. The minimum atomic E-state index is -2.16. The lowest BCUT2D eigenvalue weighted by Gasteiger charge is -2.34. The first-order chi connectivity index (χ1) is 9.50. The molecule has 1 aromatic rings. The maximum absolute atomic E-state index is 12.6. The van der Waals surface area contributed by atoms with Crippen LogP contribution in [0.3, 0.4) is 0 Å². The van der Waals surface area contributed by atoms with Crippen molar-refractivity contribution in [3.05, 3.63) is 35.9 Å². The molecular weight excluding hydrogens is 282 g/mol. The second-order valence-corrected chi connectivity index (χ2v) is 11.3. The van der Waals surface area contributed by atoms with E-state index in [0.717, 1.165) is 0 Å². The van der Waals surface area contributed by atoms with Crippen LogP contribution in [0.4, 0.5) is 0 Å². The van der Waals surface area contributed by atoms with Crippen LogP contribution in [-0.4, -0.2) is 19.9 Å². The van der Waals surface area contributed by atoms with Gasteiger partial charge in [0.2, 0.25) is 0 Å². The lowest BCUT2D eigenvalue weighted by Crippen LogP contribution is -2.48. The van der Waals surface area contributed by atoms with Gasteiger partial charge in [-0.15, -0.1) is 0 Å². The summed E-state index contributed by atoms with van der Waals surface area (Å²) < 4.78 is 11.4. The fraction of sp³-hybridized carbons (Fsp3) is 0.500. The van der Waals surface area contributed by atoms with Gasteiger partial charge in [-0.2, -0.15) is 5.26 Å². The van der Waals surface area contributed by atoms with Gasteiger partial charge in [-0.25, -0.2) is 4.79 Å². The number of nitrogens with zero attached hydrogens (tertiary/aromatic N) is 1. The van der Waals surface area contributed by atoms with Gasteiger partial charge in [-0.05, 0) is 40.4 Å². The number of hydrogen-bond acceptors (Lipinski definition) is 4. The summed E-state index contributed by atoms with van der Waals surface area (Å²) in [5, 5.41) is 9.71. The van der Waals surface area contributed by atoms with Crippen LogP contribution < -0.4 is 0 Å². The third-order valence-electron chi connectivity index (χ3n) is 2.48. The largest absolute Gasteiger partial charge is 0.457 e. The number of benzene rings is 1. The van der Waals surface area contributed by atoms with Gasteiger partial charge in [-0.1, -0.05) is 30.3 Å². The van der Waals surface area contributed by atoms with E-state index in [1.54, 1.807) is 45.0 Å². The molecule has 114 valence electrons. The van der Waals surface area contributed by atoms with Crippen LogP contribution in [0.1, 0.15) is 26.3 Å². The number of ether oxygens (including phenoxy) is 1. The van der Waals surface area contributed by atoms with E-state index in [9.17, 15) is 10.1 Å². The van der Waals surface area contributed by atoms with E-state index in [2.05, 4.69) is 0 Å². The summed E-state index contributed by atoms with van der Waals surface area (Å²) in [6, 6.07) is 10.9. The Morgan fingerprint density at radius 1 is 1.14 bits per heavy atom. The Balaban J connectivity index is 3.35.